The molecule has 0 spiro atoms. The van der Waals surface area contributed by atoms with Crippen LogP contribution in [0.15, 0.2) is 29.3 Å². The van der Waals surface area contributed by atoms with Gasteiger partial charge in [-0.3, -0.25) is 9.98 Å². The zero-order chi connectivity index (χ0) is 16.9. The van der Waals surface area contributed by atoms with Crippen molar-refractivity contribution in [3.8, 4) is 0 Å². The molecule has 2 aliphatic rings. The van der Waals surface area contributed by atoms with Crippen LogP contribution in [-0.4, -0.2) is 34.5 Å². The van der Waals surface area contributed by atoms with Gasteiger partial charge in [0.05, 0.1) is 17.7 Å². The molecule has 0 radical (unpaired) electrons. The van der Waals surface area contributed by atoms with Crippen molar-refractivity contribution >= 4 is 28.4 Å². The molecule has 1 aliphatic heterocycles. The lowest BCUT2D eigenvalue weighted by Crippen LogP contribution is -2.48. The van der Waals surface area contributed by atoms with Crippen LogP contribution < -0.4 is 5.32 Å². The molecule has 1 fully saturated rings. The Bertz CT molecular complexity index is 878. The monoisotopic (exact) mass is 325 g/mol. The lowest BCUT2D eigenvalue weighted by Gasteiger charge is -2.41. The van der Waals surface area contributed by atoms with Gasteiger partial charge in [-0.2, -0.15) is 0 Å². The number of allylic oxidation sites excluding steroid dienone is 1. The lowest BCUT2D eigenvalue weighted by molar-refractivity contribution is -0.0234. The molecule has 2 aromatic rings. The van der Waals surface area contributed by atoms with E-state index in [0.717, 1.165) is 27.9 Å². The number of aliphatic hydroxyl groups is 1. The van der Waals surface area contributed by atoms with E-state index in [4.69, 9.17) is 0 Å². The number of benzene rings is 1. The smallest absolute Gasteiger partial charge is 0.131 e. The first kappa shape index (κ1) is 15.3. The maximum Gasteiger partial charge on any atom is 0.131 e. The van der Waals surface area contributed by atoms with E-state index in [0.29, 0.717) is 24.9 Å². The Morgan fingerprint density at radius 1 is 1.29 bits per heavy atom. The lowest BCUT2D eigenvalue weighted by atomic mass is 9.77. The summed E-state index contributed by atoms with van der Waals surface area (Å²) in [7, 11) is 0. The minimum absolute atomic E-state index is 0.207. The Morgan fingerprint density at radius 3 is 2.75 bits per heavy atom. The average molecular weight is 325 g/mol. The quantitative estimate of drug-likeness (QED) is 0.908. The molecule has 4 rings (SSSR count). The summed E-state index contributed by atoms with van der Waals surface area (Å²) in [6.45, 7) is 4.28. The van der Waals surface area contributed by atoms with Crippen molar-refractivity contribution in [1.82, 2.24) is 4.98 Å². The summed E-state index contributed by atoms with van der Waals surface area (Å²) in [6, 6.07) is 5.50. The third-order valence-electron chi connectivity index (χ3n) is 4.75. The third-order valence-corrected chi connectivity index (χ3v) is 4.75. The number of fused-ring (bicyclic) bond motifs is 1. The molecular formula is C19H20FN3O. The van der Waals surface area contributed by atoms with E-state index in [1.807, 2.05) is 26.0 Å². The molecular weight excluding hydrogens is 305 g/mol. The van der Waals surface area contributed by atoms with Crippen LogP contribution in [-0.2, 0) is 0 Å². The van der Waals surface area contributed by atoms with Gasteiger partial charge in [-0.25, -0.2) is 4.39 Å². The third kappa shape index (κ3) is 2.69. The summed E-state index contributed by atoms with van der Waals surface area (Å²) in [5.74, 6) is -0.256. The molecule has 1 aliphatic carbocycles. The molecule has 2 N–H and O–H groups in total. The van der Waals surface area contributed by atoms with Gasteiger partial charge in [0.25, 0.3) is 0 Å². The number of aliphatic imine (C=N–C) groups is 1. The molecule has 0 amide bonds. The predicted molar refractivity (Wildman–Crippen MR) is 95.0 cm³/mol. The highest BCUT2D eigenvalue weighted by Crippen LogP contribution is 2.36. The van der Waals surface area contributed by atoms with Gasteiger partial charge in [-0.15, -0.1) is 0 Å². The van der Waals surface area contributed by atoms with E-state index in [1.165, 1.54) is 0 Å². The van der Waals surface area contributed by atoms with Crippen LogP contribution in [0.5, 0.6) is 0 Å². The van der Waals surface area contributed by atoms with Gasteiger partial charge < -0.3 is 10.4 Å². The van der Waals surface area contributed by atoms with Gasteiger partial charge in [0.2, 0.25) is 0 Å². The van der Waals surface area contributed by atoms with Gasteiger partial charge in [-0.05, 0) is 56.5 Å². The maximum atomic E-state index is 14.6. The molecule has 1 aromatic carbocycles. The van der Waals surface area contributed by atoms with Crippen molar-refractivity contribution in [3.63, 3.8) is 0 Å². The van der Waals surface area contributed by atoms with Crippen LogP contribution >= 0.6 is 0 Å². The molecule has 24 heavy (non-hydrogen) atoms. The van der Waals surface area contributed by atoms with Gasteiger partial charge in [-0.1, -0.05) is 0 Å². The highest BCUT2D eigenvalue weighted by atomic mass is 19.1. The second-order valence-electron chi connectivity index (χ2n) is 7.09. The summed E-state index contributed by atoms with van der Waals surface area (Å²) in [5, 5.41) is 14.1. The topological polar surface area (TPSA) is 57.5 Å². The molecule has 2 heterocycles. The Kier molecular flexibility index (Phi) is 3.42. The van der Waals surface area contributed by atoms with Crippen molar-refractivity contribution < 1.29 is 9.50 Å². The minimum atomic E-state index is -0.594. The standard InChI is InChI=1S/C19H20FN3O/c1-11-5-17(23-13-8-19(2,24)9-13)15-6-16(20)14(7-18(15)22-11)12-3-4-21-10-12/h3-7,13,24H,8-10H2,1-2H3,(H,22,23). The number of anilines is 1. The fraction of sp³-hybridized carbons (Fsp3) is 0.368. The van der Waals surface area contributed by atoms with Crippen molar-refractivity contribution in [2.24, 2.45) is 4.99 Å². The molecule has 5 heteroatoms. The van der Waals surface area contributed by atoms with Gasteiger partial charge in [0.15, 0.2) is 0 Å². The minimum Gasteiger partial charge on any atom is -0.390 e. The second-order valence-corrected chi connectivity index (χ2v) is 7.09. The number of rotatable bonds is 3. The number of hydrogen-bond acceptors (Lipinski definition) is 4. The summed E-state index contributed by atoms with van der Waals surface area (Å²) in [5.41, 5.74) is 3.37. The molecule has 0 unspecified atom stereocenters. The van der Waals surface area contributed by atoms with E-state index in [9.17, 15) is 9.50 Å². The maximum absolute atomic E-state index is 14.6. The molecule has 124 valence electrons. The van der Waals surface area contributed by atoms with E-state index < -0.39 is 5.60 Å². The Labute approximate surface area is 140 Å². The average Bonchev–Trinajstić information content (AvgIpc) is 2.99. The Hall–Kier alpha value is -2.27. The van der Waals surface area contributed by atoms with Crippen LogP contribution in [0.4, 0.5) is 10.1 Å². The van der Waals surface area contributed by atoms with Gasteiger partial charge >= 0.3 is 0 Å². The SMILES string of the molecule is Cc1cc(NC2CC(C)(O)C2)c2cc(F)c(C3=CC=NC3)cc2n1. The number of pyridine rings is 1. The normalized spacial score (nSPS) is 25.7. The summed E-state index contributed by atoms with van der Waals surface area (Å²) >= 11 is 0. The van der Waals surface area contributed by atoms with E-state index >= 15 is 0 Å². The Balaban J connectivity index is 1.73. The van der Waals surface area contributed by atoms with Crippen molar-refractivity contribution in [3.05, 3.63) is 41.3 Å². The molecule has 4 nitrogen and oxygen atoms in total. The first-order valence-electron chi connectivity index (χ1n) is 8.20. The highest BCUT2D eigenvalue weighted by molar-refractivity contribution is 5.96. The van der Waals surface area contributed by atoms with Crippen molar-refractivity contribution in [2.45, 2.75) is 38.3 Å². The Morgan fingerprint density at radius 2 is 2.08 bits per heavy atom. The largest absolute Gasteiger partial charge is 0.390 e. The zero-order valence-electron chi connectivity index (χ0n) is 13.8. The molecule has 0 saturated heterocycles. The van der Waals surface area contributed by atoms with Crippen LogP contribution in [0, 0.1) is 12.7 Å². The van der Waals surface area contributed by atoms with E-state index in [-0.39, 0.29) is 11.9 Å². The number of halogens is 1. The van der Waals surface area contributed by atoms with E-state index in [1.54, 1.807) is 18.3 Å². The number of aromatic nitrogens is 1. The van der Waals surface area contributed by atoms with Crippen LogP contribution in [0.2, 0.25) is 0 Å². The van der Waals surface area contributed by atoms with E-state index in [2.05, 4.69) is 15.3 Å². The second kappa shape index (κ2) is 5.38. The molecule has 1 saturated carbocycles. The van der Waals surface area contributed by atoms with Crippen LogP contribution in [0.1, 0.15) is 31.0 Å². The first-order valence-corrected chi connectivity index (χ1v) is 8.20. The fourth-order valence-corrected chi connectivity index (χ4v) is 3.59. The van der Waals surface area contributed by atoms with Crippen LogP contribution in [0.25, 0.3) is 16.5 Å². The first-order chi connectivity index (χ1) is 11.4. The number of hydrogen-bond donors (Lipinski definition) is 2. The van der Waals surface area contributed by atoms with Crippen molar-refractivity contribution in [2.75, 3.05) is 11.9 Å². The molecule has 0 atom stereocenters. The number of aryl methyl sites for hydroxylation is 1. The summed E-state index contributed by atoms with van der Waals surface area (Å²) < 4.78 is 14.6. The molecule has 0 bridgehead atoms. The summed E-state index contributed by atoms with van der Waals surface area (Å²) in [6.07, 6.45) is 4.94. The van der Waals surface area contributed by atoms with Gasteiger partial charge in [0, 0.05) is 34.6 Å². The number of nitrogens with one attached hydrogen (secondary N) is 1. The fourth-order valence-electron chi connectivity index (χ4n) is 3.59. The molecule has 1 aromatic heterocycles. The summed E-state index contributed by atoms with van der Waals surface area (Å²) in [4.78, 5) is 8.69. The zero-order valence-corrected chi connectivity index (χ0v) is 13.8. The number of nitrogens with zero attached hydrogens (tertiary/aromatic N) is 2. The van der Waals surface area contributed by atoms with Crippen molar-refractivity contribution in [1.29, 1.82) is 0 Å². The highest BCUT2D eigenvalue weighted by Gasteiger charge is 2.38. The van der Waals surface area contributed by atoms with Gasteiger partial charge in [0.1, 0.15) is 5.82 Å². The van der Waals surface area contributed by atoms with Crippen LogP contribution in [0.3, 0.4) is 0 Å². The predicted octanol–water partition coefficient (Wildman–Crippen LogP) is 3.48.